The lowest BCUT2D eigenvalue weighted by Crippen LogP contribution is -2.51. The molecular formula is C17H23ClN2O. The van der Waals surface area contributed by atoms with Crippen molar-refractivity contribution in [3.8, 4) is 0 Å². The van der Waals surface area contributed by atoms with Crippen LogP contribution in [0.1, 0.15) is 44.1 Å². The van der Waals surface area contributed by atoms with Crippen LogP contribution in [0.15, 0.2) is 24.3 Å². The minimum Gasteiger partial charge on any atom is -0.342 e. The number of likely N-dealkylation sites (tertiary alicyclic amines) is 1. The summed E-state index contributed by atoms with van der Waals surface area (Å²) in [6.45, 7) is 1.65. The summed E-state index contributed by atoms with van der Waals surface area (Å²) >= 11 is 5.98. The van der Waals surface area contributed by atoms with Gasteiger partial charge in [-0.05, 0) is 49.8 Å². The van der Waals surface area contributed by atoms with Gasteiger partial charge in [-0.2, -0.15) is 0 Å². The largest absolute Gasteiger partial charge is 0.342 e. The number of carbonyl (C=O) groups is 1. The third-order valence-electron chi connectivity index (χ3n) is 5.07. The lowest BCUT2D eigenvalue weighted by molar-refractivity contribution is -0.140. The number of rotatable bonds is 2. The Morgan fingerprint density at radius 3 is 2.48 bits per heavy atom. The highest BCUT2D eigenvalue weighted by Gasteiger charge is 2.47. The summed E-state index contributed by atoms with van der Waals surface area (Å²) in [7, 11) is 0. The summed E-state index contributed by atoms with van der Waals surface area (Å²) in [5, 5.41) is 0.724. The van der Waals surface area contributed by atoms with Crippen LogP contribution in [0, 0.1) is 0 Å². The molecule has 1 heterocycles. The summed E-state index contributed by atoms with van der Waals surface area (Å²) in [5.41, 5.74) is 6.84. The standard InChI is InChI=1S/C17H23ClN2O/c18-14-6-4-13(5-7-14)17(9-2-10-17)16(21)20-11-1-3-15(19)8-12-20/h4-7,15H,1-3,8-12,19H2. The molecule has 2 N–H and O–H groups in total. The first kappa shape index (κ1) is 14.9. The van der Waals surface area contributed by atoms with Gasteiger partial charge in [0.05, 0.1) is 5.41 Å². The molecule has 21 heavy (non-hydrogen) atoms. The molecule has 1 aliphatic heterocycles. The second kappa shape index (κ2) is 5.98. The number of benzene rings is 1. The average Bonchev–Trinajstić information content (AvgIpc) is 2.64. The zero-order valence-electron chi connectivity index (χ0n) is 12.4. The molecule has 0 radical (unpaired) electrons. The average molecular weight is 307 g/mol. The molecule has 2 fully saturated rings. The van der Waals surface area contributed by atoms with Gasteiger partial charge in [-0.1, -0.05) is 30.2 Å². The lowest BCUT2D eigenvalue weighted by Gasteiger charge is -2.44. The molecule has 1 atom stereocenters. The second-order valence-corrected chi connectivity index (χ2v) is 6.86. The van der Waals surface area contributed by atoms with E-state index < -0.39 is 0 Å². The molecule has 114 valence electrons. The van der Waals surface area contributed by atoms with Crippen LogP contribution in [-0.4, -0.2) is 29.9 Å². The van der Waals surface area contributed by atoms with Gasteiger partial charge in [-0.3, -0.25) is 4.79 Å². The van der Waals surface area contributed by atoms with Crippen molar-refractivity contribution in [2.24, 2.45) is 5.73 Å². The SMILES string of the molecule is NC1CCCN(C(=O)C2(c3ccc(Cl)cc3)CCC2)CC1. The van der Waals surface area contributed by atoms with E-state index in [0.29, 0.717) is 5.91 Å². The van der Waals surface area contributed by atoms with Gasteiger partial charge in [0.2, 0.25) is 5.91 Å². The smallest absolute Gasteiger partial charge is 0.233 e. The Morgan fingerprint density at radius 1 is 1.14 bits per heavy atom. The van der Waals surface area contributed by atoms with Crippen LogP contribution >= 0.6 is 11.6 Å². The van der Waals surface area contributed by atoms with Gasteiger partial charge in [0, 0.05) is 24.2 Å². The van der Waals surface area contributed by atoms with E-state index in [9.17, 15) is 4.79 Å². The van der Waals surface area contributed by atoms with E-state index in [1.165, 1.54) is 0 Å². The van der Waals surface area contributed by atoms with Crippen molar-refractivity contribution in [3.05, 3.63) is 34.9 Å². The fourth-order valence-corrected chi connectivity index (χ4v) is 3.68. The fraction of sp³-hybridized carbons (Fsp3) is 0.588. The van der Waals surface area contributed by atoms with E-state index in [1.54, 1.807) is 0 Å². The van der Waals surface area contributed by atoms with E-state index in [-0.39, 0.29) is 11.5 Å². The molecule has 1 amide bonds. The third kappa shape index (κ3) is 2.82. The summed E-state index contributed by atoms with van der Waals surface area (Å²) in [6.07, 6.45) is 6.00. The van der Waals surface area contributed by atoms with E-state index in [0.717, 1.165) is 62.2 Å². The van der Waals surface area contributed by atoms with E-state index >= 15 is 0 Å². The molecule has 1 aromatic carbocycles. The van der Waals surface area contributed by atoms with E-state index in [4.69, 9.17) is 17.3 Å². The highest BCUT2D eigenvalue weighted by Crippen LogP contribution is 2.45. The quantitative estimate of drug-likeness (QED) is 0.912. The summed E-state index contributed by atoms with van der Waals surface area (Å²) in [6, 6.07) is 8.06. The summed E-state index contributed by atoms with van der Waals surface area (Å²) < 4.78 is 0. The van der Waals surface area contributed by atoms with Crippen LogP contribution in [0.4, 0.5) is 0 Å². The Morgan fingerprint density at radius 2 is 1.86 bits per heavy atom. The Labute approximate surface area is 131 Å². The Balaban J connectivity index is 1.81. The van der Waals surface area contributed by atoms with Gasteiger partial charge in [0.25, 0.3) is 0 Å². The molecule has 1 aromatic rings. The highest BCUT2D eigenvalue weighted by atomic mass is 35.5. The van der Waals surface area contributed by atoms with Crippen molar-refractivity contribution >= 4 is 17.5 Å². The first-order chi connectivity index (χ1) is 10.1. The first-order valence-electron chi connectivity index (χ1n) is 7.93. The molecule has 3 rings (SSSR count). The maximum atomic E-state index is 13.1. The van der Waals surface area contributed by atoms with Gasteiger partial charge in [0.1, 0.15) is 0 Å². The van der Waals surface area contributed by atoms with Gasteiger partial charge < -0.3 is 10.6 Å². The van der Waals surface area contributed by atoms with Crippen LogP contribution in [-0.2, 0) is 10.2 Å². The normalized spacial score (nSPS) is 25.0. The molecule has 0 aromatic heterocycles. The Bertz CT molecular complexity index is 510. The van der Waals surface area contributed by atoms with Crippen molar-refractivity contribution in [1.29, 1.82) is 0 Å². The minimum absolute atomic E-state index is 0.246. The number of nitrogens with two attached hydrogens (primary N) is 1. The summed E-state index contributed by atoms with van der Waals surface area (Å²) in [5.74, 6) is 0.296. The molecule has 1 unspecified atom stereocenters. The molecule has 0 spiro atoms. The van der Waals surface area contributed by atoms with Crippen molar-refractivity contribution in [1.82, 2.24) is 4.90 Å². The maximum absolute atomic E-state index is 13.1. The second-order valence-electron chi connectivity index (χ2n) is 6.43. The van der Waals surface area contributed by atoms with Crippen LogP contribution in [0.5, 0.6) is 0 Å². The molecule has 0 bridgehead atoms. The van der Waals surface area contributed by atoms with E-state index in [1.807, 2.05) is 29.2 Å². The zero-order chi connectivity index (χ0) is 14.9. The fourth-order valence-electron chi connectivity index (χ4n) is 3.55. The zero-order valence-corrected chi connectivity index (χ0v) is 13.1. The number of halogens is 1. The molecule has 3 nitrogen and oxygen atoms in total. The number of nitrogens with zero attached hydrogens (tertiary/aromatic N) is 1. The first-order valence-corrected chi connectivity index (χ1v) is 8.31. The number of hydrogen-bond donors (Lipinski definition) is 1. The predicted octanol–water partition coefficient (Wildman–Crippen LogP) is 3.10. The van der Waals surface area contributed by atoms with Gasteiger partial charge in [-0.25, -0.2) is 0 Å². The van der Waals surface area contributed by atoms with Gasteiger partial charge in [0.15, 0.2) is 0 Å². The molecule has 4 heteroatoms. The maximum Gasteiger partial charge on any atom is 0.233 e. The van der Waals surface area contributed by atoms with Crippen LogP contribution < -0.4 is 5.73 Å². The van der Waals surface area contributed by atoms with Crippen LogP contribution in [0.3, 0.4) is 0 Å². The molecule has 1 saturated heterocycles. The Kier molecular flexibility index (Phi) is 4.23. The van der Waals surface area contributed by atoms with Gasteiger partial charge >= 0.3 is 0 Å². The lowest BCUT2D eigenvalue weighted by atomic mass is 9.63. The number of carbonyl (C=O) groups excluding carboxylic acids is 1. The van der Waals surface area contributed by atoms with Crippen molar-refractivity contribution in [2.45, 2.75) is 50.0 Å². The highest BCUT2D eigenvalue weighted by molar-refractivity contribution is 6.30. The molecule has 1 saturated carbocycles. The van der Waals surface area contributed by atoms with Crippen LogP contribution in [0.25, 0.3) is 0 Å². The molecule has 1 aliphatic carbocycles. The Hall–Kier alpha value is -1.06. The predicted molar refractivity (Wildman–Crippen MR) is 85.4 cm³/mol. The van der Waals surface area contributed by atoms with Crippen LogP contribution in [0.2, 0.25) is 5.02 Å². The van der Waals surface area contributed by atoms with Gasteiger partial charge in [-0.15, -0.1) is 0 Å². The number of hydrogen-bond acceptors (Lipinski definition) is 2. The topological polar surface area (TPSA) is 46.3 Å². The van der Waals surface area contributed by atoms with Crippen molar-refractivity contribution in [2.75, 3.05) is 13.1 Å². The van der Waals surface area contributed by atoms with E-state index in [2.05, 4.69) is 0 Å². The minimum atomic E-state index is -0.307. The third-order valence-corrected chi connectivity index (χ3v) is 5.33. The molecule has 2 aliphatic rings. The summed E-state index contributed by atoms with van der Waals surface area (Å²) in [4.78, 5) is 15.1. The molecular weight excluding hydrogens is 284 g/mol. The number of amides is 1. The van der Waals surface area contributed by atoms with Crippen molar-refractivity contribution in [3.63, 3.8) is 0 Å². The monoisotopic (exact) mass is 306 g/mol. The van der Waals surface area contributed by atoms with Crippen molar-refractivity contribution < 1.29 is 4.79 Å².